The average molecular weight is 273 g/mol. The number of rotatable bonds is 6. The van der Waals surface area contributed by atoms with Crippen LogP contribution in [0.25, 0.3) is 0 Å². The maximum atomic E-state index is 8.59. The molecule has 0 saturated heterocycles. The number of aryl methyl sites for hydroxylation is 1. The number of benzene rings is 1. The van der Waals surface area contributed by atoms with E-state index in [1.165, 1.54) is 5.69 Å². The molecule has 0 atom stereocenters. The second-order valence-corrected chi connectivity index (χ2v) is 4.56. The molecule has 6 heteroatoms. The van der Waals surface area contributed by atoms with Gasteiger partial charge < -0.3 is 16.3 Å². The second-order valence-electron chi connectivity index (χ2n) is 4.56. The van der Waals surface area contributed by atoms with E-state index in [-0.39, 0.29) is 5.84 Å². The van der Waals surface area contributed by atoms with E-state index in [0.29, 0.717) is 5.56 Å². The Bertz CT molecular complexity index is 574. The van der Waals surface area contributed by atoms with Crippen molar-refractivity contribution in [2.24, 2.45) is 17.9 Å². The van der Waals surface area contributed by atoms with Crippen LogP contribution in [0.2, 0.25) is 0 Å². The molecule has 0 amide bonds. The first-order valence-electron chi connectivity index (χ1n) is 6.45. The van der Waals surface area contributed by atoms with Gasteiger partial charge in [0.2, 0.25) is 0 Å². The van der Waals surface area contributed by atoms with Gasteiger partial charge in [-0.05, 0) is 11.6 Å². The lowest BCUT2D eigenvalue weighted by Gasteiger charge is -2.06. The summed E-state index contributed by atoms with van der Waals surface area (Å²) in [6, 6.07) is 9.63. The van der Waals surface area contributed by atoms with Crippen molar-refractivity contribution in [2.45, 2.75) is 13.0 Å². The summed E-state index contributed by atoms with van der Waals surface area (Å²) in [7, 11) is 1.95. The van der Waals surface area contributed by atoms with Crippen LogP contribution in [0.4, 0.5) is 0 Å². The summed E-state index contributed by atoms with van der Waals surface area (Å²) >= 11 is 0. The number of oxime groups is 1. The molecular formula is C14H19N5O. The fraction of sp³-hybridized carbons (Fsp3) is 0.286. The lowest BCUT2D eigenvalue weighted by Crippen LogP contribution is -2.18. The van der Waals surface area contributed by atoms with E-state index in [4.69, 9.17) is 10.9 Å². The van der Waals surface area contributed by atoms with Gasteiger partial charge >= 0.3 is 0 Å². The number of nitrogens with zero attached hydrogens (tertiary/aromatic N) is 3. The van der Waals surface area contributed by atoms with Gasteiger partial charge in [-0.3, -0.25) is 4.68 Å². The summed E-state index contributed by atoms with van der Waals surface area (Å²) in [5.41, 5.74) is 8.59. The van der Waals surface area contributed by atoms with Crippen molar-refractivity contribution < 1.29 is 5.21 Å². The van der Waals surface area contributed by atoms with Gasteiger partial charge in [-0.15, -0.1) is 0 Å². The van der Waals surface area contributed by atoms with Crippen LogP contribution in [0.3, 0.4) is 0 Å². The molecule has 2 rings (SSSR count). The number of aromatic nitrogens is 2. The second kappa shape index (κ2) is 6.72. The first-order valence-corrected chi connectivity index (χ1v) is 6.45. The van der Waals surface area contributed by atoms with Gasteiger partial charge in [0.15, 0.2) is 5.84 Å². The molecule has 20 heavy (non-hydrogen) atoms. The highest BCUT2D eigenvalue weighted by atomic mass is 16.4. The molecule has 0 radical (unpaired) electrons. The molecule has 1 heterocycles. The van der Waals surface area contributed by atoms with Crippen molar-refractivity contribution >= 4 is 5.84 Å². The van der Waals surface area contributed by atoms with Gasteiger partial charge in [0.25, 0.3) is 0 Å². The molecule has 6 nitrogen and oxygen atoms in total. The van der Waals surface area contributed by atoms with Crippen LogP contribution >= 0.6 is 0 Å². The van der Waals surface area contributed by atoms with Gasteiger partial charge in [-0.2, -0.15) is 5.10 Å². The number of amidine groups is 1. The van der Waals surface area contributed by atoms with Crippen molar-refractivity contribution in [3.63, 3.8) is 0 Å². The Labute approximate surface area is 117 Å². The summed E-state index contributed by atoms with van der Waals surface area (Å²) in [5, 5.41) is 19.1. The predicted octanol–water partition coefficient (Wildman–Crippen LogP) is 0.847. The number of nitrogens with two attached hydrogens (primary N) is 1. The van der Waals surface area contributed by atoms with Crippen molar-refractivity contribution in [1.29, 1.82) is 0 Å². The topological polar surface area (TPSA) is 88.5 Å². The molecule has 0 saturated carbocycles. The lowest BCUT2D eigenvalue weighted by atomic mass is 10.1. The molecule has 0 aliphatic rings. The Morgan fingerprint density at radius 2 is 2.10 bits per heavy atom. The Kier molecular flexibility index (Phi) is 4.73. The minimum Gasteiger partial charge on any atom is -0.409 e. The molecule has 0 spiro atoms. The molecule has 1 aromatic heterocycles. The summed E-state index contributed by atoms with van der Waals surface area (Å²) in [5.74, 6) is 0.126. The molecule has 106 valence electrons. The third-order valence-electron chi connectivity index (χ3n) is 3.17. The van der Waals surface area contributed by atoms with Gasteiger partial charge in [0.1, 0.15) is 0 Å². The average Bonchev–Trinajstić information content (AvgIpc) is 2.89. The Balaban J connectivity index is 1.78. The quantitative estimate of drug-likeness (QED) is 0.239. The normalized spacial score (nSPS) is 11.8. The predicted molar refractivity (Wildman–Crippen MR) is 77.6 cm³/mol. The zero-order valence-electron chi connectivity index (χ0n) is 11.5. The summed E-state index contributed by atoms with van der Waals surface area (Å²) < 4.78 is 1.88. The lowest BCUT2D eigenvalue weighted by molar-refractivity contribution is 0.318. The van der Waals surface area contributed by atoms with Crippen molar-refractivity contribution in [3.05, 3.63) is 53.3 Å². The van der Waals surface area contributed by atoms with Crippen LogP contribution in [0.5, 0.6) is 0 Å². The maximum absolute atomic E-state index is 8.59. The molecular weight excluding hydrogens is 254 g/mol. The minimum atomic E-state index is 0.126. The van der Waals surface area contributed by atoms with E-state index in [0.717, 1.165) is 25.1 Å². The Morgan fingerprint density at radius 1 is 1.35 bits per heavy atom. The van der Waals surface area contributed by atoms with Gasteiger partial charge in [-0.1, -0.05) is 29.4 Å². The first kappa shape index (κ1) is 14.1. The van der Waals surface area contributed by atoms with Crippen molar-refractivity contribution in [3.8, 4) is 0 Å². The number of nitrogens with one attached hydrogen (secondary N) is 1. The minimum absolute atomic E-state index is 0.126. The van der Waals surface area contributed by atoms with E-state index in [2.05, 4.69) is 15.6 Å². The zero-order chi connectivity index (χ0) is 14.4. The van der Waals surface area contributed by atoms with Gasteiger partial charge in [0.05, 0.1) is 0 Å². The van der Waals surface area contributed by atoms with Crippen LogP contribution in [-0.2, 0) is 20.0 Å². The van der Waals surface area contributed by atoms with E-state index in [9.17, 15) is 0 Å². The third kappa shape index (κ3) is 3.58. The summed E-state index contributed by atoms with van der Waals surface area (Å²) in [6.07, 6.45) is 2.75. The van der Waals surface area contributed by atoms with E-state index < -0.39 is 0 Å². The third-order valence-corrected chi connectivity index (χ3v) is 3.17. The molecule has 0 aliphatic carbocycles. The van der Waals surface area contributed by atoms with Crippen molar-refractivity contribution in [1.82, 2.24) is 15.1 Å². The fourth-order valence-electron chi connectivity index (χ4n) is 1.95. The number of hydrogen-bond acceptors (Lipinski definition) is 4. The highest BCUT2D eigenvalue weighted by Gasteiger charge is 2.00. The molecule has 0 unspecified atom stereocenters. The molecule has 1 aromatic carbocycles. The zero-order valence-corrected chi connectivity index (χ0v) is 11.5. The Morgan fingerprint density at radius 3 is 2.70 bits per heavy atom. The van der Waals surface area contributed by atoms with E-state index in [1.54, 1.807) is 6.20 Å². The molecule has 0 bridgehead atoms. The van der Waals surface area contributed by atoms with Crippen LogP contribution in [-0.4, -0.2) is 27.4 Å². The van der Waals surface area contributed by atoms with Gasteiger partial charge in [-0.25, -0.2) is 0 Å². The van der Waals surface area contributed by atoms with Crippen molar-refractivity contribution in [2.75, 3.05) is 6.54 Å². The van der Waals surface area contributed by atoms with Crippen LogP contribution in [0.1, 0.15) is 16.8 Å². The smallest absolute Gasteiger partial charge is 0.170 e. The standard InChI is InChI=1S/C14H19N5O/c1-19-13(7-9-17-19)6-8-16-10-11-2-4-12(5-3-11)14(15)18-20/h2-5,7,9,16,20H,6,8,10H2,1H3,(H2,15,18). The summed E-state index contributed by atoms with van der Waals surface area (Å²) in [4.78, 5) is 0. The molecule has 2 aromatic rings. The molecule has 0 fully saturated rings. The summed E-state index contributed by atoms with van der Waals surface area (Å²) in [6.45, 7) is 1.68. The van der Waals surface area contributed by atoms with Crippen LogP contribution in [0.15, 0.2) is 41.7 Å². The molecule has 0 aliphatic heterocycles. The van der Waals surface area contributed by atoms with E-state index in [1.807, 2.05) is 42.1 Å². The monoisotopic (exact) mass is 273 g/mol. The highest BCUT2D eigenvalue weighted by molar-refractivity contribution is 5.96. The highest BCUT2D eigenvalue weighted by Crippen LogP contribution is 2.04. The fourth-order valence-corrected chi connectivity index (χ4v) is 1.95. The van der Waals surface area contributed by atoms with E-state index >= 15 is 0 Å². The largest absolute Gasteiger partial charge is 0.409 e. The maximum Gasteiger partial charge on any atom is 0.170 e. The van der Waals surface area contributed by atoms with Crippen LogP contribution in [0, 0.1) is 0 Å². The Hall–Kier alpha value is -2.34. The molecule has 4 N–H and O–H groups in total. The SMILES string of the molecule is Cn1nccc1CCNCc1ccc(/C(N)=N/O)cc1. The van der Waals surface area contributed by atoms with Crippen LogP contribution < -0.4 is 11.1 Å². The number of hydrogen-bond donors (Lipinski definition) is 3. The van der Waals surface area contributed by atoms with Gasteiger partial charge in [0, 0.05) is 44.0 Å². The first-order chi connectivity index (χ1) is 9.70.